The van der Waals surface area contributed by atoms with Crippen molar-refractivity contribution in [2.45, 2.75) is 38.8 Å². The van der Waals surface area contributed by atoms with Gasteiger partial charge in [0.15, 0.2) is 6.29 Å². The summed E-state index contributed by atoms with van der Waals surface area (Å²) in [6.45, 7) is 6.91. The van der Waals surface area contributed by atoms with Gasteiger partial charge in [-0.2, -0.15) is 0 Å². The first-order valence-electron chi connectivity index (χ1n) is 5.90. The van der Waals surface area contributed by atoms with Gasteiger partial charge in [-0.05, 0) is 27.7 Å². The molecule has 7 nitrogen and oxygen atoms in total. The van der Waals surface area contributed by atoms with Crippen molar-refractivity contribution in [2.75, 3.05) is 7.05 Å². The number of carbonyl (C=O) groups excluding carboxylic acids is 2. The van der Waals surface area contributed by atoms with Crippen LogP contribution < -0.4 is 0 Å². The van der Waals surface area contributed by atoms with E-state index in [4.69, 9.17) is 4.74 Å². The molecule has 0 aliphatic carbocycles. The van der Waals surface area contributed by atoms with E-state index >= 15 is 0 Å². The maximum atomic E-state index is 12.1. The molecule has 0 spiro atoms. The molecule has 1 rings (SSSR count). The molecule has 1 amide bonds. The van der Waals surface area contributed by atoms with Crippen molar-refractivity contribution in [1.82, 2.24) is 19.9 Å². The highest BCUT2D eigenvalue weighted by Crippen LogP contribution is 2.25. The fourth-order valence-electron chi connectivity index (χ4n) is 1.58. The number of aryl methyl sites for hydroxylation is 1. The van der Waals surface area contributed by atoms with E-state index in [2.05, 4.69) is 10.3 Å². The second-order valence-electron chi connectivity index (χ2n) is 5.55. The van der Waals surface area contributed by atoms with Gasteiger partial charge in [-0.3, -0.25) is 4.90 Å². The maximum Gasteiger partial charge on any atom is 0.411 e. The minimum absolute atomic E-state index is 0.510. The van der Waals surface area contributed by atoms with Crippen molar-refractivity contribution in [3.05, 3.63) is 11.9 Å². The van der Waals surface area contributed by atoms with Gasteiger partial charge >= 0.3 is 6.09 Å². The highest BCUT2D eigenvalue weighted by Gasteiger charge is 2.39. The molecule has 0 aliphatic heterocycles. The summed E-state index contributed by atoms with van der Waals surface area (Å²) in [6, 6.07) is 0. The van der Waals surface area contributed by atoms with Crippen LogP contribution in [0.4, 0.5) is 4.79 Å². The largest absolute Gasteiger partial charge is 0.444 e. The summed E-state index contributed by atoms with van der Waals surface area (Å²) in [6.07, 6.45) is 1.55. The van der Waals surface area contributed by atoms with Crippen molar-refractivity contribution in [3.63, 3.8) is 0 Å². The van der Waals surface area contributed by atoms with Crippen molar-refractivity contribution < 1.29 is 14.3 Å². The molecule has 0 saturated heterocycles. The molecular weight excluding hydrogens is 248 g/mol. The number of likely N-dealkylation sites (N-methyl/N-ethyl adjacent to an activating group) is 1. The third-order valence-electron chi connectivity index (χ3n) is 2.83. The number of amides is 1. The second-order valence-corrected chi connectivity index (χ2v) is 5.55. The summed E-state index contributed by atoms with van der Waals surface area (Å²) in [7, 11) is 3.17. The number of aromatic nitrogens is 3. The molecule has 0 fully saturated rings. The summed E-state index contributed by atoms with van der Waals surface area (Å²) in [5, 5.41) is 7.50. The molecule has 0 saturated carbocycles. The average Bonchev–Trinajstić information content (AvgIpc) is 2.71. The van der Waals surface area contributed by atoms with Gasteiger partial charge in [-0.15, -0.1) is 5.10 Å². The Labute approximate surface area is 112 Å². The van der Waals surface area contributed by atoms with E-state index in [1.807, 2.05) is 0 Å². The van der Waals surface area contributed by atoms with Crippen LogP contribution in [0, 0.1) is 0 Å². The lowest BCUT2D eigenvalue weighted by atomic mass is 9.99. The Bertz CT molecular complexity index is 478. The minimum Gasteiger partial charge on any atom is -0.444 e. The number of aldehydes is 1. The van der Waals surface area contributed by atoms with Gasteiger partial charge < -0.3 is 9.53 Å². The summed E-state index contributed by atoms with van der Waals surface area (Å²) in [5.74, 6) is 0. The van der Waals surface area contributed by atoms with Gasteiger partial charge in [0.25, 0.3) is 0 Å². The van der Waals surface area contributed by atoms with Gasteiger partial charge in [-0.1, -0.05) is 5.21 Å². The van der Waals surface area contributed by atoms with Gasteiger partial charge in [0.2, 0.25) is 0 Å². The molecule has 19 heavy (non-hydrogen) atoms. The van der Waals surface area contributed by atoms with E-state index < -0.39 is 17.2 Å². The van der Waals surface area contributed by atoms with Crippen molar-refractivity contribution >= 4 is 12.4 Å². The lowest BCUT2D eigenvalue weighted by Crippen LogP contribution is -2.49. The fourth-order valence-corrected chi connectivity index (χ4v) is 1.58. The van der Waals surface area contributed by atoms with Crippen LogP contribution in [0.5, 0.6) is 0 Å². The number of nitrogens with zero attached hydrogens (tertiary/aromatic N) is 4. The molecule has 106 valence electrons. The number of hydrogen-bond donors (Lipinski definition) is 0. The molecule has 1 heterocycles. The third kappa shape index (κ3) is 3.10. The Morgan fingerprint density at radius 3 is 2.37 bits per heavy atom. The van der Waals surface area contributed by atoms with Crippen LogP contribution in [0.3, 0.4) is 0 Å². The topological polar surface area (TPSA) is 77.3 Å². The molecule has 0 aliphatic rings. The minimum atomic E-state index is -1.18. The molecule has 1 unspecified atom stereocenters. The second kappa shape index (κ2) is 4.99. The molecule has 1 atom stereocenters. The number of ether oxygens (including phenoxy) is 1. The predicted octanol–water partition coefficient (Wildman–Crippen LogP) is 1.10. The van der Waals surface area contributed by atoms with Gasteiger partial charge in [0, 0.05) is 14.1 Å². The Hall–Kier alpha value is -1.92. The lowest BCUT2D eigenvalue weighted by Gasteiger charge is -2.34. The first-order valence-corrected chi connectivity index (χ1v) is 5.90. The van der Waals surface area contributed by atoms with Gasteiger partial charge in [0.1, 0.15) is 11.1 Å². The smallest absolute Gasteiger partial charge is 0.411 e. The molecule has 0 bridgehead atoms. The Morgan fingerprint density at radius 2 is 2.00 bits per heavy atom. The first kappa shape index (κ1) is 15.1. The van der Waals surface area contributed by atoms with Crippen LogP contribution >= 0.6 is 0 Å². The molecule has 1 aromatic heterocycles. The highest BCUT2D eigenvalue weighted by molar-refractivity contribution is 5.77. The van der Waals surface area contributed by atoms with Gasteiger partial charge in [0.05, 0.1) is 11.9 Å². The highest BCUT2D eigenvalue weighted by atomic mass is 16.6. The number of hydrogen-bond acceptors (Lipinski definition) is 5. The summed E-state index contributed by atoms with van der Waals surface area (Å²) in [4.78, 5) is 24.8. The average molecular weight is 268 g/mol. The monoisotopic (exact) mass is 268 g/mol. The zero-order valence-corrected chi connectivity index (χ0v) is 12.2. The summed E-state index contributed by atoms with van der Waals surface area (Å²) < 4.78 is 6.72. The van der Waals surface area contributed by atoms with E-state index in [0.717, 1.165) is 0 Å². The fraction of sp³-hybridized carbons (Fsp3) is 0.667. The molecule has 0 N–H and O–H groups in total. The van der Waals surface area contributed by atoms with Gasteiger partial charge in [-0.25, -0.2) is 9.48 Å². The van der Waals surface area contributed by atoms with Crippen LogP contribution in [0.15, 0.2) is 6.20 Å². The van der Waals surface area contributed by atoms with E-state index in [1.165, 1.54) is 22.8 Å². The lowest BCUT2D eigenvalue weighted by molar-refractivity contribution is -0.117. The first-order chi connectivity index (χ1) is 8.62. The van der Waals surface area contributed by atoms with E-state index in [1.54, 1.807) is 34.7 Å². The molecule has 0 aromatic carbocycles. The molecule has 1 aromatic rings. The Morgan fingerprint density at radius 1 is 1.42 bits per heavy atom. The van der Waals surface area contributed by atoms with Crippen molar-refractivity contribution in [3.8, 4) is 0 Å². The van der Waals surface area contributed by atoms with Crippen molar-refractivity contribution in [1.29, 1.82) is 0 Å². The zero-order valence-electron chi connectivity index (χ0n) is 12.2. The predicted molar refractivity (Wildman–Crippen MR) is 68.4 cm³/mol. The van der Waals surface area contributed by atoms with Crippen LogP contribution in [0.2, 0.25) is 0 Å². The van der Waals surface area contributed by atoms with Crippen LogP contribution in [-0.4, -0.2) is 44.9 Å². The standard InChI is InChI=1S/C12H20N4O3/c1-11(2,3)19-10(18)15(5)12(4,8-17)9-7-13-14-16(9)6/h7-8H,1-6H3. The van der Waals surface area contributed by atoms with Crippen LogP contribution in [0.25, 0.3) is 0 Å². The Kier molecular flexibility index (Phi) is 3.97. The summed E-state index contributed by atoms with van der Waals surface area (Å²) in [5.41, 5.74) is -1.30. The SMILES string of the molecule is CN(C(=O)OC(C)(C)C)C(C)(C=O)c1cnnn1C. The van der Waals surface area contributed by atoms with E-state index in [0.29, 0.717) is 12.0 Å². The molecule has 0 radical (unpaired) electrons. The normalized spacial score (nSPS) is 14.6. The van der Waals surface area contributed by atoms with Crippen molar-refractivity contribution in [2.24, 2.45) is 7.05 Å². The number of carbonyl (C=O) groups is 2. The number of rotatable bonds is 3. The third-order valence-corrected chi connectivity index (χ3v) is 2.83. The molecular formula is C12H20N4O3. The van der Waals surface area contributed by atoms with E-state index in [-0.39, 0.29) is 0 Å². The molecule has 7 heteroatoms. The summed E-state index contributed by atoms with van der Waals surface area (Å²) >= 11 is 0. The van der Waals surface area contributed by atoms with Crippen LogP contribution in [0.1, 0.15) is 33.4 Å². The zero-order chi connectivity index (χ0) is 14.8. The quantitative estimate of drug-likeness (QED) is 0.767. The Balaban J connectivity index is 3.06. The maximum absolute atomic E-state index is 12.1. The van der Waals surface area contributed by atoms with Crippen LogP contribution in [-0.2, 0) is 22.1 Å². The van der Waals surface area contributed by atoms with E-state index in [9.17, 15) is 9.59 Å².